The van der Waals surface area contributed by atoms with Gasteiger partial charge in [0.2, 0.25) is 17.7 Å². The lowest BCUT2D eigenvalue weighted by atomic mass is 9.88. The minimum Gasteiger partial charge on any atom is -0.477 e. The van der Waals surface area contributed by atoms with E-state index >= 15 is 0 Å². The first-order valence-electron chi connectivity index (χ1n) is 25.5. The Bertz CT molecular complexity index is 2020. The predicted octanol–water partition coefficient (Wildman–Crippen LogP) is -13.8. The lowest BCUT2D eigenvalue weighted by Crippen LogP contribution is -2.72. The summed E-state index contributed by atoms with van der Waals surface area (Å²) in [5.74, 6) is -8.09. The van der Waals surface area contributed by atoms with Crippen molar-refractivity contribution in [1.82, 2.24) is 16.0 Å². The topological polar surface area (TPSA) is 581 Å². The largest absolute Gasteiger partial charge is 0.477 e. The molecule has 0 saturated carbocycles. The van der Waals surface area contributed by atoms with Crippen LogP contribution >= 0.6 is 0 Å². The van der Waals surface area contributed by atoms with E-state index in [1.165, 1.54) is 6.92 Å². The lowest BCUT2D eigenvalue weighted by molar-refractivity contribution is -0.397. The molecule has 5 aliphatic heterocycles. The second-order valence-electron chi connectivity index (χ2n) is 20.1. The third kappa shape index (κ3) is 15.6. The van der Waals surface area contributed by atoms with Gasteiger partial charge in [-0.25, -0.2) is 4.79 Å². The molecule has 36 nitrogen and oxygen atoms in total. The number of amides is 3. The molecule has 22 N–H and O–H groups in total. The summed E-state index contributed by atoms with van der Waals surface area (Å²) in [5, 5.41) is 212. The first kappa shape index (κ1) is 68.5. The molecule has 0 bridgehead atoms. The van der Waals surface area contributed by atoms with Crippen LogP contribution in [-0.4, -0.2) is 344 Å². The molecule has 5 saturated heterocycles. The predicted molar refractivity (Wildman–Crippen MR) is 252 cm³/mol. The zero-order valence-electron chi connectivity index (χ0n) is 43.9. The van der Waals surface area contributed by atoms with Crippen LogP contribution in [0.3, 0.4) is 0 Å². The molecule has 5 rings (SSSR count). The third-order valence-corrected chi connectivity index (χ3v) is 14.2. The Hall–Kier alpha value is -3.24. The molecule has 36 heteroatoms. The van der Waals surface area contributed by atoms with Gasteiger partial charge in [-0.05, 0) is 6.92 Å². The van der Waals surface area contributed by atoms with Crippen LogP contribution in [0.4, 0.5) is 0 Å². The Labute approximate surface area is 459 Å². The fourth-order valence-electron chi connectivity index (χ4n) is 9.96. The van der Waals surface area contributed by atoms with Crippen LogP contribution in [0, 0.1) is 0 Å². The molecule has 0 radical (unpaired) electrons. The first-order valence-corrected chi connectivity index (χ1v) is 25.5. The number of carbonyl (C=O) groups is 4. The Morgan fingerprint density at radius 1 is 0.556 bits per heavy atom. The van der Waals surface area contributed by atoms with Crippen molar-refractivity contribution in [3.8, 4) is 0 Å². The monoisotopic (exact) mass is 1190 g/mol. The highest BCUT2D eigenvalue weighted by atomic mass is 16.8. The summed E-state index contributed by atoms with van der Waals surface area (Å²) < 4.78 is 58.7. The van der Waals surface area contributed by atoms with Crippen LogP contribution in [0.1, 0.15) is 34.1 Å². The van der Waals surface area contributed by atoms with Gasteiger partial charge in [-0.3, -0.25) is 14.4 Å². The van der Waals surface area contributed by atoms with E-state index in [-0.39, 0.29) is 0 Å². The van der Waals surface area contributed by atoms with Gasteiger partial charge < -0.3 is 160 Å². The highest BCUT2D eigenvalue weighted by Gasteiger charge is 2.62. The van der Waals surface area contributed by atoms with E-state index in [4.69, 9.17) is 47.4 Å². The number of aliphatic hydroxyl groups is 18. The number of carbonyl (C=O) groups excluding carboxylic acids is 3. The van der Waals surface area contributed by atoms with Crippen LogP contribution in [0.5, 0.6) is 0 Å². The highest BCUT2D eigenvalue weighted by molar-refractivity contribution is 5.77. The summed E-state index contributed by atoms with van der Waals surface area (Å²) in [5.41, 5.74) is 0. The fraction of sp³-hybridized carbons (Fsp3) is 0.911. The normalized spacial score (nSPS) is 42.6. The number of nitrogens with one attached hydrogen (secondary N) is 3. The van der Waals surface area contributed by atoms with E-state index in [0.29, 0.717) is 0 Å². The average molecular weight is 1190 g/mol. The molecule has 0 aromatic carbocycles. The number of aliphatic hydroxyl groups excluding tert-OH is 18. The molecule has 5 fully saturated rings. The standard InChI is InChI=1S/C45H77N3O33/c1-12-25(61)30(66)31(67)41(72-12)77-35-22(11-54)75-40(79-38-28(64)20(9-52)73-42(32(38)68)76-34(26(62)18(59)7-50)16(6-49)46-13(2)55)24(48-15(4)57)37(35)78-43-33(69)39(29(65)21(10-53)74-43)81-45(44(70)71)5-17(58)23(47-14(3)56)36(80-45)27(63)19(60)8-51/h12,16-43,49-54,58-69H,5-11H2,1-4H3,(H,46,55)(H,47,56)(H,48,57)(H,70,71)/t12-,16-,17-,18+,19+,20+,21+,22+,23+,24+,25+,26-,27+,28-,29-,30+,31-,32+,33+,34+,35+,36+,37+,38-,39-,40-,41-,42-,43-,45-/m0/s1. The quantitative estimate of drug-likeness (QED) is 0.0404. The number of aliphatic carboxylic acids is 1. The number of carboxylic acids is 1. The van der Waals surface area contributed by atoms with Crippen LogP contribution in [0.2, 0.25) is 0 Å². The molecule has 0 spiro atoms. The van der Waals surface area contributed by atoms with Crippen molar-refractivity contribution in [2.75, 3.05) is 39.6 Å². The number of carboxylic acid groups (broad SMARTS) is 1. The number of hydrogen-bond donors (Lipinski definition) is 22. The van der Waals surface area contributed by atoms with E-state index in [2.05, 4.69) is 16.0 Å². The van der Waals surface area contributed by atoms with E-state index in [0.717, 1.165) is 20.8 Å². The van der Waals surface area contributed by atoms with Gasteiger partial charge in [0.15, 0.2) is 25.2 Å². The Morgan fingerprint density at radius 3 is 1.59 bits per heavy atom. The molecule has 470 valence electrons. The number of rotatable bonds is 25. The maximum atomic E-state index is 13.2. The molecule has 30 atom stereocenters. The SMILES string of the molecule is CC(=O)N[C@H]1[C@H](O[C@H]2[C@@H](O)[C@@H](CO)O[C@@H](O[C@@H]([C@@H](O)[C@H](O)CO)[C@H](CO)NC(C)=O)[C@@H]2O)O[C@H](CO)[C@@H](O[C@@H]2O[C@@H](C)[C@@H](O)[C@@H](O)[C@@H]2O)[C@@H]1O[C@@H]1O[C@H](CO)[C@H](O)[C@H](O[C@]2(C(=O)O)C[C@H](O)[C@@H](NC(C)=O)[C@H]([C@H](O)[C@H](O)CO)O2)[C@H]1O. The zero-order chi connectivity index (χ0) is 60.7. The van der Waals surface area contributed by atoms with Crippen molar-refractivity contribution in [3.63, 3.8) is 0 Å². The van der Waals surface area contributed by atoms with Gasteiger partial charge in [0.25, 0.3) is 5.79 Å². The van der Waals surface area contributed by atoms with Gasteiger partial charge in [0.1, 0.15) is 128 Å². The minimum absolute atomic E-state index is 0.810. The number of hydrogen-bond acceptors (Lipinski definition) is 32. The second kappa shape index (κ2) is 29.7. The van der Waals surface area contributed by atoms with Gasteiger partial charge in [-0.1, -0.05) is 0 Å². The summed E-state index contributed by atoms with van der Waals surface area (Å²) in [4.78, 5) is 50.7. The van der Waals surface area contributed by atoms with Gasteiger partial charge >= 0.3 is 5.97 Å². The highest BCUT2D eigenvalue weighted by Crippen LogP contribution is 2.40. The third-order valence-electron chi connectivity index (χ3n) is 14.2. The average Bonchev–Trinajstić information content (AvgIpc) is 3.53. The number of ether oxygens (including phenoxy) is 10. The van der Waals surface area contributed by atoms with Crippen molar-refractivity contribution in [1.29, 1.82) is 0 Å². The Balaban J connectivity index is 1.60. The molecule has 3 amide bonds. The maximum Gasteiger partial charge on any atom is 0.364 e. The summed E-state index contributed by atoms with van der Waals surface area (Å²) in [7, 11) is 0. The summed E-state index contributed by atoms with van der Waals surface area (Å²) in [6.45, 7) is -2.67. The maximum absolute atomic E-state index is 13.2. The van der Waals surface area contributed by atoms with E-state index < -0.39 is 253 Å². The molecule has 0 aliphatic carbocycles. The molecular weight excluding hydrogens is 1110 g/mol. The minimum atomic E-state index is -3.29. The Kier molecular flexibility index (Phi) is 25.1. The molecular formula is C45H77N3O33. The van der Waals surface area contributed by atoms with Crippen molar-refractivity contribution >= 4 is 23.7 Å². The van der Waals surface area contributed by atoms with E-state index in [1.54, 1.807) is 0 Å². The molecule has 5 heterocycles. The van der Waals surface area contributed by atoms with Crippen LogP contribution in [-0.2, 0) is 66.5 Å². The molecule has 0 aromatic heterocycles. The van der Waals surface area contributed by atoms with Gasteiger partial charge in [0.05, 0.1) is 63.9 Å². The zero-order valence-corrected chi connectivity index (χ0v) is 43.9. The van der Waals surface area contributed by atoms with Crippen molar-refractivity contribution in [2.45, 2.75) is 217 Å². The first-order chi connectivity index (χ1) is 38.0. The van der Waals surface area contributed by atoms with Gasteiger partial charge in [-0.2, -0.15) is 0 Å². The van der Waals surface area contributed by atoms with E-state index in [1.807, 2.05) is 0 Å². The van der Waals surface area contributed by atoms with Crippen molar-refractivity contribution in [2.24, 2.45) is 0 Å². The summed E-state index contributed by atoms with van der Waals surface area (Å²) in [6.07, 6.45) is -55.9. The van der Waals surface area contributed by atoms with Crippen LogP contribution < -0.4 is 16.0 Å². The summed E-state index contributed by atoms with van der Waals surface area (Å²) in [6, 6.07) is -5.37. The molecule has 81 heavy (non-hydrogen) atoms. The second-order valence-corrected chi connectivity index (χ2v) is 20.1. The Morgan fingerprint density at radius 2 is 1.06 bits per heavy atom. The molecule has 0 aromatic rings. The van der Waals surface area contributed by atoms with Crippen molar-refractivity contribution in [3.05, 3.63) is 0 Å². The fourth-order valence-corrected chi connectivity index (χ4v) is 9.96. The molecule has 0 unspecified atom stereocenters. The lowest BCUT2D eigenvalue weighted by Gasteiger charge is -2.52. The summed E-state index contributed by atoms with van der Waals surface area (Å²) >= 11 is 0. The van der Waals surface area contributed by atoms with E-state index in [9.17, 15) is 116 Å². The van der Waals surface area contributed by atoms with Gasteiger partial charge in [-0.15, -0.1) is 0 Å². The van der Waals surface area contributed by atoms with Crippen LogP contribution in [0.25, 0.3) is 0 Å². The van der Waals surface area contributed by atoms with Crippen molar-refractivity contribution < 1.29 is 164 Å². The molecule has 5 aliphatic rings. The van der Waals surface area contributed by atoms with Crippen LogP contribution in [0.15, 0.2) is 0 Å². The van der Waals surface area contributed by atoms with Gasteiger partial charge in [0, 0.05) is 27.2 Å². The smallest absolute Gasteiger partial charge is 0.364 e.